The summed E-state index contributed by atoms with van der Waals surface area (Å²) >= 11 is 0. The predicted octanol–water partition coefficient (Wildman–Crippen LogP) is 1.51. The maximum absolute atomic E-state index is 5.71. The van der Waals surface area contributed by atoms with E-state index in [1.54, 1.807) is 0 Å². The van der Waals surface area contributed by atoms with Crippen molar-refractivity contribution < 1.29 is 0 Å². The Balaban J connectivity index is 2.19. The Morgan fingerprint density at radius 1 is 1.28 bits per heavy atom. The second-order valence-corrected chi connectivity index (χ2v) is 5.79. The zero-order chi connectivity index (χ0) is 13.3. The molecule has 3 N–H and O–H groups in total. The van der Waals surface area contributed by atoms with Crippen LogP contribution in [0.1, 0.15) is 33.1 Å². The van der Waals surface area contributed by atoms with Gasteiger partial charge in [0.2, 0.25) is 17.8 Å². The minimum absolute atomic E-state index is 0.256. The van der Waals surface area contributed by atoms with Gasteiger partial charge in [0.05, 0.1) is 0 Å². The average molecular weight is 250 g/mol. The Kier molecular flexibility index (Phi) is 3.28. The lowest BCUT2D eigenvalue weighted by molar-refractivity contribution is 0.349. The minimum Gasteiger partial charge on any atom is -0.368 e. The van der Waals surface area contributed by atoms with Crippen molar-refractivity contribution in [3.63, 3.8) is 0 Å². The summed E-state index contributed by atoms with van der Waals surface area (Å²) in [6, 6.07) is 0.398. The molecule has 0 bridgehead atoms. The predicted molar refractivity (Wildman–Crippen MR) is 73.6 cm³/mol. The van der Waals surface area contributed by atoms with Gasteiger partial charge < -0.3 is 16.0 Å². The average Bonchev–Trinajstić information content (AvgIpc) is 2.57. The molecule has 1 aromatic heterocycles. The zero-order valence-electron chi connectivity index (χ0n) is 11.6. The lowest BCUT2D eigenvalue weighted by Crippen LogP contribution is -2.32. The molecule has 18 heavy (non-hydrogen) atoms. The van der Waals surface area contributed by atoms with Gasteiger partial charge in [-0.1, -0.05) is 20.3 Å². The molecule has 1 atom stereocenters. The third kappa shape index (κ3) is 2.63. The molecule has 1 aromatic rings. The van der Waals surface area contributed by atoms with E-state index >= 15 is 0 Å². The Hall–Kier alpha value is -1.59. The van der Waals surface area contributed by atoms with Crippen LogP contribution in [0, 0.1) is 5.41 Å². The number of hydrogen-bond donors (Lipinski definition) is 2. The number of aromatic nitrogens is 3. The molecule has 6 heteroatoms. The first-order valence-corrected chi connectivity index (χ1v) is 6.34. The lowest BCUT2D eigenvalue weighted by atomic mass is 9.87. The fraction of sp³-hybridized carbons (Fsp3) is 0.750. The smallest absolute Gasteiger partial charge is 0.231 e. The van der Waals surface area contributed by atoms with Crippen molar-refractivity contribution in [1.82, 2.24) is 15.0 Å². The summed E-state index contributed by atoms with van der Waals surface area (Å²) in [5, 5.41) is 3.40. The number of hydrogen-bond acceptors (Lipinski definition) is 6. The van der Waals surface area contributed by atoms with Crippen LogP contribution < -0.4 is 16.0 Å². The molecule has 0 spiro atoms. The quantitative estimate of drug-likeness (QED) is 0.846. The Morgan fingerprint density at radius 3 is 2.56 bits per heavy atom. The molecule has 1 heterocycles. The van der Waals surface area contributed by atoms with Gasteiger partial charge in [0.25, 0.3) is 0 Å². The molecule has 0 aromatic carbocycles. The van der Waals surface area contributed by atoms with E-state index in [9.17, 15) is 0 Å². The van der Waals surface area contributed by atoms with Crippen LogP contribution in [0.15, 0.2) is 0 Å². The van der Waals surface area contributed by atoms with Crippen LogP contribution >= 0.6 is 0 Å². The molecule has 6 nitrogen and oxygen atoms in total. The third-order valence-corrected chi connectivity index (χ3v) is 3.60. The van der Waals surface area contributed by atoms with E-state index in [0.717, 1.165) is 6.42 Å². The summed E-state index contributed by atoms with van der Waals surface area (Å²) in [5.41, 5.74) is 5.99. The molecule has 1 aliphatic carbocycles. The zero-order valence-corrected chi connectivity index (χ0v) is 11.6. The van der Waals surface area contributed by atoms with Crippen LogP contribution in [-0.2, 0) is 0 Å². The van der Waals surface area contributed by atoms with E-state index in [1.165, 1.54) is 12.8 Å². The fourth-order valence-electron chi connectivity index (χ4n) is 2.40. The first-order chi connectivity index (χ1) is 8.38. The second-order valence-electron chi connectivity index (χ2n) is 5.79. The van der Waals surface area contributed by atoms with E-state index in [0.29, 0.717) is 17.9 Å². The van der Waals surface area contributed by atoms with Crippen LogP contribution in [0.2, 0.25) is 0 Å². The molecule has 1 aliphatic rings. The Morgan fingerprint density at radius 2 is 2.00 bits per heavy atom. The van der Waals surface area contributed by atoms with Gasteiger partial charge in [-0.15, -0.1) is 0 Å². The minimum atomic E-state index is 0.256. The molecule has 0 aliphatic heterocycles. The second kappa shape index (κ2) is 4.59. The van der Waals surface area contributed by atoms with Crippen LogP contribution in [0.5, 0.6) is 0 Å². The number of nitrogen functional groups attached to an aromatic ring is 1. The summed E-state index contributed by atoms with van der Waals surface area (Å²) in [5.74, 6) is 1.42. The summed E-state index contributed by atoms with van der Waals surface area (Å²) in [6.07, 6.45) is 3.62. The fourth-order valence-corrected chi connectivity index (χ4v) is 2.40. The third-order valence-electron chi connectivity index (χ3n) is 3.60. The van der Waals surface area contributed by atoms with Gasteiger partial charge in [-0.2, -0.15) is 15.0 Å². The van der Waals surface area contributed by atoms with Crippen molar-refractivity contribution in [2.24, 2.45) is 5.41 Å². The molecule has 0 amide bonds. The van der Waals surface area contributed by atoms with Crippen LogP contribution in [-0.4, -0.2) is 35.1 Å². The van der Waals surface area contributed by atoms with Crippen molar-refractivity contribution in [3.05, 3.63) is 0 Å². The highest BCUT2D eigenvalue weighted by Crippen LogP contribution is 2.38. The summed E-state index contributed by atoms with van der Waals surface area (Å²) in [7, 11) is 3.77. The summed E-state index contributed by atoms with van der Waals surface area (Å²) in [4.78, 5) is 14.4. The molecule has 100 valence electrons. The van der Waals surface area contributed by atoms with E-state index in [1.807, 2.05) is 19.0 Å². The Bertz CT molecular complexity index is 429. The van der Waals surface area contributed by atoms with Gasteiger partial charge in [-0.3, -0.25) is 0 Å². The number of nitrogens with zero attached hydrogens (tertiary/aromatic N) is 4. The highest BCUT2D eigenvalue weighted by atomic mass is 15.3. The van der Waals surface area contributed by atoms with Gasteiger partial charge in [0.1, 0.15) is 0 Å². The van der Waals surface area contributed by atoms with Crippen LogP contribution in [0.4, 0.5) is 17.8 Å². The molecular weight excluding hydrogens is 228 g/mol. The number of rotatable bonds is 3. The number of nitrogens with one attached hydrogen (secondary N) is 1. The molecule has 1 unspecified atom stereocenters. The highest BCUT2D eigenvalue weighted by Gasteiger charge is 2.34. The monoisotopic (exact) mass is 250 g/mol. The van der Waals surface area contributed by atoms with E-state index in [-0.39, 0.29) is 11.4 Å². The van der Waals surface area contributed by atoms with E-state index in [4.69, 9.17) is 5.73 Å². The molecule has 2 rings (SSSR count). The van der Waals surface area contributed by atoms with Gasteiger partial charge >= 0.3 is 0 Å². The standard InChI is InChI=1S/C12H22N6/c1-12(2)7-5-6-8(12)14-10-15-9(13)16-11(17-10)18(3)4/h8H,5-7H2,1-4H3,(H3,13,14,15,16,17). The van der Waals surface area contributed by atoms with Crippen molar-refractivity contribution in [3.8, 4) is 0 Å². The van der Waals surface area contributed by atoms with Crippen molar-refractivity contribution in [2.75, 3.05) is 30.0 Å². The molecule has 0 radical (unpaired) electrons. The van der Waals surface area contributed by atoms with E-state index < -0.39 is 0 Å². The van der Waals surface area contributed by atoms with Crippen LogP contribution in [0.25, 0.3) is 0 Å². The highest BCUT2D eigenvalue weighted by molar-refractivity contribution is 5.41. The lowest BCUT2D eigenvalue weighted by Gasteiger charge is -2.28. The Labute approximate surface area is 108 Å². The largest absolute Gasteiger partial charge is 0.368 e. The van der Waals surface area contributed by atoms with Crippen molar-refractivity contribution in [1.29, 1.82) is 0 Å². The van der Waals surface area contributed by atoms with Crippen molar-refractivity contribution in [2.45, 2.75) is 39.2 Å². The number of anilines is 3. The van der Waals surface area contributed by atoms with Crippen LogP contribution in [0.3, 0.4) is 0 Å². The molecule has 1 saturated carbocycles. The topological polar surface area (TPSA) is 80.0 Å². The normalized spacial score (nSPS) is 21.9. The van der Waals surface area contributed by atoms with Gasteiger partial charge in [0, 0.05) is 20.1 Å². The summed E-state index contributed by atoms with van der Waals surface area (Å²) < 4.78 is 0. The van der Waals surface area contributed by atoms with Gasteiger partial charge in [-0.05, 0) is 18.3 Å². The molecule has 1 fully saturated rings. The SMILES string of the molecule is CN(C)c1nc(N)nc(NC2CCCC2(C)C)n1. The summed E-state index contributed by atoms with van der Waals surface area (Å²) in [6.45, 7) is 4.55. The van der Waals surface area contributed by atoms with Gasteiger partial charge in [-0.25, -0.2) is 0 Å². The first-order valence-electron chi connectivity index (χ1n) is 6.34. The number of nitrogens with two attached hydrogens (primary N) is 1. The molecular formula is C12H22N6. The first kappa shape index (κ1) is 12.9. The van der Waals surface area contributed by atoms with Gasteiger partial charge in [0.15, 0.2) is 0 Å². The van der Waals surface area contributed by atoms with Crippen molar-refractivity contribution >= 4 is 17.8 Å². The molecule has 0 saturated heterocycles. The maximum Gasteiger partial charge on any atom is 0.231 e. The van der Waals surface area contributed by atoms with E-state index in [2.05, 4.69) is 34.1 Å². The maximum atomic E-state index is 5.71.